The van der Waals surface area contributed by atoms with E-state index >= 15 is 0 Å². The zero-order chi connectivity index (χ0) is 17.6. The fourth-order valence-electron chi connectivity index (χ4n) is 2.76. The highest BCUT2D eigenvalue weighted by Gasteiger charge is 2.31. The Morgan fingerprint density at radius 2 is 2.12 bits per heavy atom. The molecular weight excluding hydrogens is 325 g/mol. The molecule has 1 aromatic heterocycles. The standard InChI is InChI=1S/C17H20FN5O2/c18-14-4-1-2-5-15(14)23-11-10-22(17(23)25)12-16(24)20-6-3-8-21-9-7-19-13-21/h1-2,4-5,7,9,13H,3,6,8,10-12H2,(H,20,24). The number of anilines is 1. The molecule has 3 amide bonds. The first kappa shape index (κ1) is 16.9. The Hall–Kier alpha value is -2.90. The Bertz CT molecular complexity index is 734. The largest absolute Gasteiger partial charge is 0.354 e. The van der Waals surface area contributed by atoms with E-state index in [1.807, 2.05) is 10.8 Å². The van der Waals surface area contributed by atoms with Crippen LogP contribution < -0.4 is 10.2 Å². The van der Waals surface area contributed by atoms with Crippen molar-refractivity contribution in [3.63, 3.8) is 0 Å². The number of aryl methyl sites for hydroxylation is 1. The number of para-hydroxylation sites is 1. The maximum absolute atomic E-state index is 13.8. The molecule has 0 aliphatic carbocycles. The van der Waals surface area contributed by atoms with Crippen LogP contribution in [0.4, 0.5) is 14.9 Å². The summed E-state index contributed by atoms with van der Waals surface area (Å²) in [5.74, 6) is -0.656. The van der Waals surface area contributed by atoms with E-state index in [1.165, 1.54) is 15.9 Å². The van der Waals surface area contributed by atoms with Crippen molar-refractivity contribution in [2.24, 2.45) is 0 Å². The van der Waals surface area contributed by atoms with Crippen LogP contribution in [0.15, 0.2) is 43.0 Å². The minimum Gasteiger partial charge on any atom is -0.354 e. The third-order valence-electron chi connectivity index (χ3n) is 4.05. The van der Waals surface area contributed by atoms with Crippen molar-refractivity contribution in [3.05, 3.63) is 48.8 Å². The minimum absolute atomic E-state index is 0.0190. The molecule has 0 unspecified atom stereocenters. The van der Waals surface area contributed by atoms with E-state index in [0.29, 0.717) is 19.6 Å². The summed E-state index contributed by atoms with van der Waals surface area (Å²) in [5.41, 5.74) is 0.246. The van der Waals surface area contributed by atoms with Crippen molar-refractivity contribution in [2.45, 2.75) is 13.0 Å². The second-order valence-electron chi connectivity index (χ2n) is 5.81. The maximum Gasteiger partial charge on any atom is 0.325 e. The number of carbonyl (C=O) groups excluding carboxylic acids is 2. The van der Waals surface area contributed by atoms with Gasteiger partial charge in [-0.3, -0.25) is 9.69 Å². The summed E-state index contributed by atoms with van der Waals surface area (Å²) >= 11 is 0. The monoisotopic (exact) mass is 345 g/mol. The Kier molecular flexibility index (Phi) is 5.27. The molecule has 25 heavy (non-hydrogen) atoms. The molecule has 0 bridgehead atoms. The lowest BCUT2D eigenvalue weighted by Gasteiger charge is -2.18. The van der Waals surface area contributed by atoms with Gasteiger partial charge in [-0.1, -0.05) is 12.1 Å². The SMILES string of the molecule is O=C(CN1CCN(c2ccccc2F)C1=O)NCCCn1ccnc1. The molecule has 1 aliphatic rings. The topological polar surface area (TPSA) is 70.5 Å². The van der Waals surface area contributed by atoms with Gasteiger partial charge in [0.25, 0.3) is 0 Å². The van der Waals surface area contributed by atoms with Crippen molar-refractivity contribution >= 4 is 17.6 Å². The fraction of sp³-hybridized carbons (Fsp3) is 0.353. The van der Waals surface area contributed by atoms with Crippen LogP contribution in [0.3, 0.4) is 0 Å². The molecule has 1 saturated heterocycles. The number of rotatable bonds is 7. The van der Waals surface area contributed by atoms with Gasteiger partial charge < -0.3 is 14.8 Å². The molecule has 1 fully saturated rings. The molecule has 1 aromatic carbocycles. The molecule has 132 valence electrons. The highest BCUT2D eigenvalue weighted by molar-refractivity contribution is 5.96. The van der Waals surface area contributed by atoms with Crippen LogP contribution in [-0.4, -0.2) is 52.6 Å². The second-order valence-corrected chi connectivity index (χ2v) is 5.81. The van der Waals surface area contributed by atoms with E-state index in [0.717, 1.165) is 13.0 Å². The normalized spacial score (nSPS) is 14.2. The lowest BCUT2D eigenvalue weighted by atomic mass is 10.3. The van der Waals surface area contributed by atoms with Gasteiger partial charge in [-0.15, -0.1) is 0 Å². The summed E-state index contributed by atoms with van der Waals surface area (Å²) < 4.78 is 15.8. The summed E-state index contributed by atoms with van der Waals surface area (Å²) in [6, 6.07) is 5.79. The third kappa shape index (κ3) is 4.14. The van der Waals surface area contributed by atoms with E-state index in [4.69, 9.17) is 0 Å². The molecule has 0 radical (unpaired) electrons. The average molecular weight is 345 g/mol. The number of benzene rings is 1. The van der Waals surface area contributed by atoms with Crippen molar-refractivity contribution < 1.29 is 14.0 Å². The van der Waals surface area contributed by atoms with Gasteiger partial charge in [-0.2, -0.15) is 0 Å². The zero-order valence-corrected chi connectivity index (χ0v) is 13.8. The molecule has 8 heteroatoms. The highest BCUT2D eigenvalue weighted by atomic mass is 19.1. The highest BCUT2D eigenvalue weighted by Crippen LogP contribution is 2.23. The Morgan fingerprint density at radius 1 is 1.28 bits per heavy atom. The molecule has 0 atom stereocenters. The van der Waals surface area contributed by atoms with Crippen molar-refractivity contribution in [1.82, 2.24) is 19.8 Å². The molecule has 0 saturated carbocycles. The van der Waals surface area contributed by atoms with Gasteiger partial charge in [-0.05, 0) is 18.6 Å². The van der Waals surface area contributed by atoms with E-state index in [2.05, 4.69) is 10.3 Å². The number of halogens is 1. The van der Waals surface area contributed by atoms with Gasteiger partial charge in [0.1, 0.15) is 12.4 Å². The van der Waals surface area contributed by atoms with Gasteiger partial charge in [0.05, 0.1) is 12.0 Å². The number of urea groups is 1. The molecule has 2 aromatic rings. The molecule has 0 spiro atoms. The third-order valence-corrected chi connectivity index (χ3v) is 4.05. The first-order valence-electron chi connectivity index (χ1n) is 8.18. The summed E-state index contributed by atoms with van der Waals surface area (Å²) in [6.45, 7) is 2.04. The number of carbonyl (C=O) groups is 2. The maximum atomic E-state index is 13.8. The lowest BCUT2D eigenvalue weighted by Crippen LogP contribution is -2.40. The number of nitrogens with zero attached hydrogens (tertiary/aromatic N) is 4. The van der Waals surface area contributed by atoms with E-state index in [9.17, 15) is 14.0 Å². The Labute approximate surface area is 145 Å². The number of nitrogens with one attached hydrogen (secondary N) is 1. The first-order valence-corrected chi connectivity index (χ1v) is 8.18. The van der Waals surface area contributed by atoms with Crippen LogP contribution >= 0.6 is 0 Å². The van der Waals surface area contributed by atoms with Crippen LogP contribution in [0.1, 0.15) is 6.42 Å². The molecule has 2 heterocycles. The average Bonchev–Trinajstić information content (AvgIpc) is 3.23. The summed E-state index contributed by atoms with van der Waals surface area (Å²) in [6.07, 6.45) is 6.07. The van der Waals surface area contributed by atoms with Gasteiger partial charge in [0.2, 0.25) is 5.91 Å². The summed E-state index contributed by atoms with van der Waals surface area (Å²) in [7, 11) is 0. The van der Waals surface area contributed by atoms with Gasteiger partial charge >= 0.3 is 6.03 Å². The van der Waals surface area contributed by atoms with E-state index in [-0.39, 0.29) is 24.2 Å². The van der Waals surface area contributed by atoms with Gasteiger partial charge in [-0.25, -0.2) is 14.2 Å². The predicted molar refractivity (Wildman–Crippen MR) is 90.6 cm³/mol. The second kappa shape index (κ2) is 7.78. The van der Waals surface area contributed by atoms with Crippen LogP contribution in [0, 0.1) is 5.82 Å². The molecular formula is C17H20FN5O2. The zero-order valence-electron chi connectivity index (χ0n) is 13.8. The van der Waals surface area contributed by atoms with Crippen LogP contribution in [-0.2, 0) is 11.3 Å². The van der Waals surface area contributed by atoms with Crippen molar-refractivity contribution in [1.29, 1.82) is 0 Å². The Morgan fingerprint density at radius 3 is 2.88 bits per heavy atom. The number of imidazole rings is 1. The predicted octanol–water partition coefficient (Wildman–Crippen LogP) is 1.47. The lowest BCUT2D eigenvalue weighted by molar-refractivity contribution is -0.121. The molecule has 3 rings (SSSR count). The summed E-state index contributed by atoms with van der Waals surface area (Å²) in [4.78, 5) is 31.1. The van der Waals surface area contributed by atoms with E-state index in [1.54, 1.807) is 30.7 Å². The van der Waals surface area contributed by atoms with Crippen molar-refractivity contribution in [2.75, 3.05) is 31.1 Å². The molecule has 1 aliphatic heterocycles. The van der Waals surface area contributed by atoms with Gasteiger partial charge in [0.15, 0.2) is 0 Å². The minimum atomic E-state index is -0.443. The smallest absolute Gasteiger partial charge is 0.325 e. The number of hydrogen-bond donors (Lipinski definition) is 1. The number of amides is 3. The first-order chi connectivity index (χ1) is 12.1. The number of hydrogen-bond acceptors (Lipinski definition) is 3. The van der Waals surface area contributed by atoms with Crippen molar-refractivity contribution in [3.8, 4) is 0 Å². The van der Waals surface area contributed by atoms with Crippen LogP contribution in [0.25, 0.3) is 0 Å². The van der Waals surface area contributed by atoms with Crippen LogP contribution in [0.5, 0.6) is 0 Å². The fourth-order valence-corrected chi connectivity index (χ4v) is 2.76. The van der Waals surface area contributed by atoms with Gasteiger partial charge in [0, 0.05) is 38.6 Å². The molecule has 1 N–H and O–H groups in total. The quantitative estimate of drug-likeness (QED) is 0.773. The molecule has 7 nitrogen and oxygen atoms in total. The number of aromatic nitrogens is 2. The summed E-state index contributed by atoms with van der Waals surface area (Å²) in [5, 5.41) is 2.80. The van der Waals surface area contributed by atoms with Crippen LogP contribution in [0.2, 0.25) is 0 Å². The van der Waals surface area contributed by atoms with E-state index < -0.39 is 5.82 Å². The Balaban J connectivity index is 1.44.